The van der Waals surface area contributed by atoms with Crippen molar-refractivity contribution in [2.75, 3.05) is 32.7 Å². The van der Waals surface area contributed by atoms with E-state index in [4.69, 9.17) is 9.15 Å². The Labute approximate surface area is 125 Å². The lowest BCUT2D eigenvalue weighted by Gasteiger charge is -2.36. The number of furan rings is 1. The smallest absolute Gasteiger partial charge is 0.410 e. The highest BCUT2D eigenvalue weighted by Crippen LogP contribution is 2.16. The minimum absolute atomic E-state index is 0.270. The van der Waals surface area contributed by atoms with Crippen LogP contribution in [0, 0.1) is 0 Å². The molecule has 1 aromatic heterocycles. The number of hydrogen-bond acceptors (Lipinski definition) is 5. The summed E-state index contributed by atoms with van der Waals surface area (Å²) in [6, 6.07) is 3.53. The zero-order chi connectivity index (χ0) is 15.5. The van der Waals surface area contributed by atoms with Gasteiger partial charge in [-0.3, -0.25) is 4.90 Å². The van der Waals surface area contributed by atoms with Gasteiger partial charge in [0.2, 0.25) is 0 Å². The molecule has 1 aromatic rings. The molecule has 1 amide bonds. The molecule has 1 aliphatic heterocycles. The Morgan fingerprint density at radius 1 is 1.38 bits per heavy atom. The molecule has 0 radical (unpaired) electrons. The maximum Gasteiger partial charge on any atom is 0.410 e. The van der Waals surface area contributed by atoms with E-state index in [0.717, 1.165) is 13.1 Å². The van der Waals surface area contributed by atoms with Crippen LogP contribution >= 0.6 is 0 Å². The zero-order valence-electron chi connectivity index (χ0n) is 12.9. The summed E-state index contributed by atoms with van der Waals surface area (Å²) in [5, 5.41) is 10.0. The van der Waals surface area contributed by atoms with E-state index in [1.807, 2.05) is 20.8 Å². The van der Waals surface area contributed by atoms with E-state index < -0.39 is 11.7 Å². The quantitative estimate of drug-likeness (QED) is 0.922. The third-order valence-electron chi connectivity index (χ3n) is 3.33. The first-order chi connectivity index (χ1) is 9.85. The Morgan fingerprint density at radius 3 is 2.57 bits per heavy atom. The number of aliphatic hydroxyl groups is 1. The van der Waals surface area contributed by atoms with Gasteiger partial charge in [-0.05, 0) is 32.9 Å². The van der Waals surface area contributed by atoms with E-state index >= 15 is 0 Å². The fourth-order valence-electron chi connectivity index (χ4n) is 2.25. The van der Waals surface area contributed by atoms with Gasteiger partial charge in [0.05, 0.1) is 6.26 Å². The molecule has 6 heteroatoms. The van der Waals surface area contributed by atoms with Crippen molar-refractivity contribution < 1.29 is 19.1 Å². The van der Waals surface area contributed by atoms with Crippen molar-refractivity contribution in [3.63, 3.8) is 0 Å². The van der Waals surface area contributed by atoms with Crippen LogP contribution in [-0.2, 0) is 4.74 Å². The molecule has 0 aliphatic carbocycles. The monoisotopic (exact) mass is 296 g/mol. The van der Waals surface area contributed by atoms with E-state index in [0.29, 0.717) is 25.4 Å². The summed E-state index contributed by atoms with van der Waals surface area (Å²) in [6.45, 7) is 8.76. The molecule has 0 aromatic carbocycles. The molecule has 2 rings (SSSR count). The van der Waals surface area contributed by atoms with Crippen LogP contribution in [-0.4, -0.2) is 59.3 Å². The second-order valence-corrected chi connectivity index (χ2v) is 6.30. The number of carbonyl (C=O) groups excluding carboxylic acids is 1. The standard InChI is InChI=1S/C15H24N2O4/c1-15(2,3)21-14(19)17-8-6-16(7-9-17)11-12(18)13-5-4-10-20-13/h4-5,10,12,18H,6-9,11H2,1-3H3/t12-/m1/s1. The van der Waals surface area contributed by atoms with Crippen molar-refractivity contribution >= 4 is 6.09 Å². The fourth-order valence-corrected chi connectivity index (χ4v) is 2.25. The van der Waals surface area contributed by atoms with Crippen molar-refractivity contribution in [2.45, 2.75) is 32.5 Å². The van der Waals surface area contributed by atoms with Crippen molar-refractivity contribution in [2.24, 2.45) is 0 Å². The van der Waals surface area contributed by atoms with E-state index in [1.165, 1.54) is 0 Å². The van der Waals surface area contributed by atoms with Gasteiger partial charge in [0, 0.05) is 32.7 Å². The number of piperazine rings is 1. The molecule has 1 fully saturated rings. The Hall–Kier alpha value is -1.53. The van der Waals surface area contributed by atoms with E-state index in [2.05, 4.69) is 4.90 Å². The molecule has 0 saturated carbocycles. The van der Waals surface area contributed by atoms with Crippen LogP contribution in [0.3, 0.4) is 0 Å². The van der Waals surface area contributed by atoms with Crippen molar-refractivity contribution in [3.8, 4) is 0 Å². The molecule has 6 nitrogen and oxygen atoms in total. The molecule has 118 valence electrons. The average Bonchev–Trinajstić information content (AvgIpc) is 2.91. The number of hydrogen-bond donors (Lipinski definition) is 1. The number of aliphatic hydroxyl groups excluding tert-OH is 1. The largest absolute Gasteiger partial charge is 0.467 e. The van der Waals surface area contributed by atoms with Gasteiger partial charge in [0.25, 0.3) is 0 Å². The molecule has 0 unspecified atom stereocenters. The Bertz CT molecular complexity index is 445. The molecule has 1 aliphatic rings. The summed E-state index contributed by atoms with van der Waals surface area (Å²) < 4.78 is 10.5. The van der Waals surface area contributed by atoms with Crippen molar-refractivity contribution in [3.05, 3.63) is 24.2 Å². The number of rotatable bonds is 3. The molecular formula is C15H24N2O4. The van der Waals surface area contributed by atoms with Crippen LogP contribution in [0.25, 0.3) is 0 Å². The molecule has 1 saturated heterocycles. The normalized spacial score (nSPS) is 18.6. The first kappa shape index (κ1) is 15.9. The lowest BCUT2D eigenvalue weighted by atomic mass is 10.2. The van der Waals surface area contributed by atoms with Gasteiger partial charge in [0.15, 0.2) is 0 Å². The summed E-state index contributed by atoms with van der Waals surface area (Å²) in [6.07, 6.45) is 0.653. The van der Waals surface area contributed by atoms with E-state index in [9.17, 15) is 9.90 Å². The van der Waals surface area contributed by atoms with Crippen LogP contribution in [0.15, 0.2) is 22.8 Å². The third-order valence-corrected chi connectivity index (χ3v) is 3.33. The van der Waals surface area contributed by atoms with Gasteiger partial charge in [-0.25, -0.2) is 4.79 Å². The number of nitrogens with zero attached hydrogens (tertiary/aromatic N) is 2. The zero-order valence-corrected chi connectivity index (χ0v) is 12.9. The second-order valence-electron chi connectivity index (χ2n) is 6.30. The van der Waals surface area contributed by atoms with Crippen LogP contribution in [0.2, 0.25) is 0 Å². The van der Waals surface area contributed by atoms with Gasteiger partial charge in [-0.2, -0.15) is 0 Å². The van der Waals surface area contributed by atoms with E-state index in [1.54, 1.807) is 23.3 Å². The SMILES string of the molecule is CC(C)(C)OC(=O)N1CCN(C[C@@H](O)c2ccco2)CC1. The van der Waals surface area contributed by atoms with Gasteiger partial charge >= 0.3 is 6.09 Å². The molecule has 2 heterocycles. The van der Waals surface area contributed by atoms with Crippen LogP contribution in [0.5, 0.6) is 0 Å². The summed E-state index contributed by atoms with van der Waals surface area (Å²) in [4.78, 5) is 15.8. The number of amides is 1. The minimum atomic E-state index is -0.631. The lowest BCUT2D eigenvalue weighted by Crippen LogP contribution is -2.50. The highest BCUT2D eigenvalue weighted by Gasteiger charge is 2.27. The molecule has 0 bridgehead atoms. The second kappa shape index (κ2) is 6.49. The summed E-state index contributed by atoms with van der Waals surface area (Å²) in [5.74, 6) is 0.574. The fraction of sp³-hybridized carbons (Fsp3) is 0.667. The highest BCUT2D eigenvalue weighted by molar-refractivity contribution is 5.68. The maximum absolute atomic E-state index is 12.0. The highest BCUT2D eigenvalue weighted by atomic mass is 16.6. The molecule has 1 atom stereocenters. The topological polar surface area (TPSA) is 66.2 Å². The van der Waals surface area contributed by atoms with Crippen molar-refractivity contribution in [1.82, 2.24) is 9.80 Å². The Balaban J connectivity index is 1.77. The first-order valence-electron chi connectivity index (χ1n) is 7.27. The summed E-state index contributed by atoms with van der Waals surface area (Å²) >= 11 is 0. The van der Waals surface area contributed by atoms with Crippen LogP contribution in [0.4, 0.5) is 4.79 Å². The van der Waals surface area contributed by atoms with Gasteiger partial charge in [-0.1, -0.05) is 0 Å². The number of carbonyl (C=O) groups is 1. The molecular weight excluding hydrogens is 272 g/mol. The predicted molar refractivity (Wildman–Crippen MR) is 77.9 cm³/mol. The molecule has 0 spiro atoms. The third kappa shape index (κ3) is 4.75. The summed E-state index contributed by atoms with van der Waals surface area (Å²) in [5.41, 5.74) is -0.469. The van der Waals surface area contributed by atoms with Gasteiger partial charge in [0.1, 0.15) is 17.5 Å². The number of β-amino-alcohol motifs (C(OH)–C–C–N with tert-alkyl or cyclic N) is 1. The number of ether oxygens (including phenoxy) is 1. The lowest BCUT2D eigenvalue weighted by molar-refractivity contribution is 0.00891. The predicted octanol–water partition coefficient (Wildman–Crippen LogP) is 1.87. The Morgan fingerprint density at radius 2 is 2.05 bits per heavy atom. The molecule has 1 N–H and O–H groups in total. The summed E-state index contributed by atoms with van der Waals surface area (Å²) in [7, 11) is 0. The van der Waals surface area contributed by atoms with Gasteiger partial charge < -0.3 is 19.2 Å². The van der Waals surface area contributed by atoms with E-state index in [-0.39, 0.29) is 6.09 Å². The minimum Gasteiger partial charge on any atom is -0.467 e. The average molecular weight is 296 g/mol. The first-order valence-corrected chi connectivity index (χ1v) is 7.27. The van der Waals surface area contributed by atoms with Crippen LogP contribution < -0.4 is 0 Å². The van der Waals surface area contributed by atoms with Crippen molar-refractivity contribution in [1.29, 1.82) is 0 Å². The van der Waals surface area contributed by atoms with Gasteiger partial charge in [-0.15, -0.1) is 0 Å². The Kier molecular flexibility index (Phi) is 4.90. The molecule has 21 heavy (non-hydrogen) atoms. The maximum atomic E-state index is 12.0. The van der Waals surface area contributed by atoms with Crippen LogP contribution in [0.1, 0.15) is 32.6 Å².